The highest BCUT2D eigenvalue weighted by molar-refractivity contribution is 5.91. The van der Waals surface area contributed by atoms with Gasteiger partial charge >= 0.3 is 0 Å². The van der Waals surface area contributed by atoms with Crippen molar-refractivity contribution in [1.29, 1.82) is 0 Å². The molecule has 3 aromatic heterocycles. The van der Waals surface area contributed by atoms with E-state index in [1.54, 1.807) is 18.5 Å². The first-order valence-corrected chi connectivity index (χ1v) is 9.53. The second-order valence-corrected chi connectivity index (χ2v) is 6.59. The molecule has 4 aromatic rings. The summed E-state index contributed by atoms with van der Waals surface area (Å²) in [6, 6.07) is 11.0. The number of nitrogens with one attached hydrogen (secondary N) is 2. The summed E-state index contributed by atoms with van der Waals surface area (Å²) in [7, 11) is 0. The summed E-state index contributed by atoms with van der Waals surface area (Å²) in [6.45, 7) is 2.87. The number of benzene rings is 1. The van der Waals surface area contributed by atoms with Crippen LogP contribution in [0.3, 0.4) is 0 Å². The maximum atomic E-state index is 13.0. The number of aromatic amines is 1. The molecular weight excluding hydrogens is 384 g/mol. The zero-order chi connectivity index (χ0) is 20.9. The zero-order valence-corrected chi connectivity index (χ0v) is 16.3. The van der Waals surface area contributed by atoms with Gasteiger partial charge in [-0.3, -0.25) is 19.3 Å². The van der Waals surface area contributed by atoms with Gasteiger partial charge in [-0.1, -0.05) is 25.1 Å². The van der Waals surface area contributed by atoms with Crippen molar-refractivity contribution in [3.8, 4) is 17.1 Å². The van der Waals surface area contributed by atoms with Gasteiger partial charge in [0.05, 0.1) is 18.7 Å². The van der Waals surface area contributed by atoms with Crippen LogP contribution in [0.15, 0.2) is 53.6 Å². The minimum atomic E-state index is -0.365. The van der Waals surface area contributed by atoms with Crippen LogP contribution in [0, 0.1) is 0 Å². The molecule has 0 spiro atoms. The Morgan fingerprint density at radius 3 is 2.87 bits per heavy atom. The SMILES string of the molecule is CCCOc1ccccc1-c1nc2c(NC=O)nn(Cc3cccnc3)c2c(=O)[nH]1. The Bertz CT molecular complexity index is 1230. The fourth-order valence-corrected chi connectivity index (χ4v) is 3.15. The number of hydrogen-bond donors (Lipinski definition) is 2. The third-order valence-electron chi connectivity index (χ3n) is 4.45. The molecule has 0 aliphatic carbocycles. The van der Waals surface area contributed by atoms with Gasteiger partial charge in [0.2, 0.25) is 6.41 Å². The molecule has 30 heavy (non-hydrogen) atoms. The quantitative estimate of drug-likeness (QED) is 0.436. The van der Waals surface area contributed by atoms with Gasteiger partial charge in [-0.15, -0.1) is 0 Å². The summed E-state index contributed by atoms with van der Waals surface area (Å²) < 4.78 is 7.30. The lowest BCUT2D eigenvalue weighted by molar-refractivity contribution is -0.105. The molecule has 0 aliphatic heterocycles. The van der Waals surface area contributed by atoms with Crippen LogP contribution in [0.4, 0.5) is 5.82 Å². The predicted octanol–water partition coefficient (Wildman–Crippen LogP) is 2.59. The average Bonchev–Trinajstić information content (AvgIpc) is 3.11. The molecule has 3 heterocycles. The lowest BCUT2D eigenvalue weighted by Crippen LogP contribution is -2.15. The zero-order valence-electron chi connectivity index (χ0n) is 16.3. The molecule has 1 aromatic carbocycles. The van der Waals surface area contributed by atoms with Crippen molar-refractivity contribution in [3.63, 3.8) is 0 Å². The van der Waals surface area contributed by atoms with Gasteiger partial charge in [-0.05, 0) is 30.2 Å². The Kier molecular flexibility index (Phi) is 5.51. The summed E-state index contributed by atoms with van der Waals surface area (Å²) in [6.07, 6.45) is 4.73. The number of para-hydroxylation sites is 1. The smallest absolute Gasteiger partial charge is 0.277 e. The van der Waals surface area contributed by atoms with Crippen LogP contribution in [0.2, 0.25) is 0 Å². The first-order chi connectivity index (χ1) is 14.7. The maximum Gasteiger partial charge on any atom is 0.277 e. The number of hydrogen-bond acceptors (Lipinski definition) is 6. The van der Waals surface area contributed by atoms with Gasteiger partial charge in [-0.25, -0.2) is 4.98 Å². The first-order valence-electron chi connectivity index (χ1n) is 9.53. The number of carbonyl (C=O) groups excluding carboxylic acids is 1. The van der Waals surface area contributed by atoms with Crippen molar-refractivity contribution < 1.29 is 9.53 Å². The van der Waals surface area contributed by atoms with E-state index in [4.69, 9.17) is 4.74 Å². The largest absolute Gasteiger partial charge is 0.493 e. The molecule has 9 heteroatoms. The molecule has 0 bridgehead atoms. The molecule has 0 saturated carbocycles. The summed E-state index contributed by atoms with van der Waals surface area (Å²) in [5, 5.41) is 6.91. The van der Waals surface area contributed by atoms with E-state index in [0.29, 0.717) is 42.2 Å². The van der Waals surface area contributed by atoms with Crippen LogP contribution in [0.5, 0.6) is 5.75 Å². The minimum Gasteiger partial charge on any atom is -0.493 e. The molecule has 0 fully saturated rings. The Morgan fingerprint density at radius 2 is 2.10 bits per heavy atom. The lowest BCUT2D eigenvalue weighted by atomic mass is 10.2. The van der Waals surface area contributed by atoms with Crippen LogP contribution in [0.25, 0.3) is 22.4 Å². The van der Waals surface area contributed by atoms with E-state index in [2.05, 4.69) is 25.4 Å². The number of carbonyl (C=O) groups is 1. The van der Waals surface area contributed by atoms with Gasteiger partial charge in [-0.2, -0.15) is 5.10 Å². The molecule has 4 rings (SSSR count). The molecule has 0 unspecified atom stereocenters. The highest BCUT2D eigenvalue weighted by Gasteiger charge is 2.19. The number of anilines is 1. The second kappa shape index (κ2) is 8.56. The van der Waals surface area contributed by atoms with E-state index in [0.717, 1.165) is 12.0 Å². The number of ether oxygens (including phenoxy) is 1. The van der Waals surface area contributed by atoms with Crippen molar-refractivity contribution in [2.24, 2.45) is 0 Å². The molecule has 9 nitrogen and oxygen atoms in total. The van der Waals surface area contributed by atoms with Gasteiger partial charge in [0.15, 0.2) is 11.3 Å². The Labute approximate surface area is 171 Å². The monoisotopic (exact) mass is 404 g/mol. The van der Waals surface area contributed by atoms with Crippen molar-refractivity contribution >= 4 is 23.3 Å². The second-order valence-electron chi connectivity index (χ2n) is 6.59. The van der Waals surface area contributed by atoms with Crippen molar-refractivity contribution in [3.05, 3.63) is 64.7 Å². The van der Waals surface area contributed by atoms with E-state index < -0.39 is 0 Å². The van der Waals surface area contributed by atoms with E-state index in [9.17, 15) is 9.59 Å². The molecule has 152 valence electrons. The molecule has 0 saturated heterocycles. The van der Waals surface area contributed by atoms with Crippen molar-refractivity contribution in [2.75, 3.05) is 11.9 Å². The molecule has 0 aliphatic rings. The van der Waals surface area contributed by atoms with Crippen molar-refractivity contribution in [1.82, 2.24) is 24.7 Å². The third kappa shape index (κ3) is 3.77. The number of amides is 1. The predicted molar refractivity (Wildman–Crippen MR) is 112 cm³/mol. The van der Waals surface area contributed by atoms with Gasteiger partial charge in [0.1, 0.15) is 17.1 Å². The molecule has 1 amide bonds. The number of nitrogens with zero attached hydrogens (tertiary/aromatic N) is 4. The fraction of sp³-hybridized carbons (Fsp3) is 0.190. The van der Waals surface area contributed by atoms with Gasteiger partial charge < -0.3 is 15.0 Å². The fourth-order valence-electron chi connectivity index (χ4n) is 3.15. The molecular formula is C21H20N6O3. The van der Waals surface area contributed by atoms with E-state index >= 15 is 0 Å². The third-order valence-corrected chi connectivity index (χ3v) is 4.45. The van der Waals surface area contributed by atoms with E-state index in [-0.39, 0.29) is 16.9 Å². The normalized spacial score (nSPS) is 10.8. The van der Waals surface area contributed by atoms with Crippen LogP contribution in [0.1, 0.15) is 18.9 Å². The Hall–Kier alpha value is -4.01. The number of H-pyrrole nitrogens is 1. The van der Waals surface area contributed by atoms with E-state index in [1.165, 1.54) is 4.68 Å². The molecule has 0 radical (unpaired) electrons. The summed E-state index contributed by atoms with van der Waals surface area (Å²) in [4.78, 5) is 35.6. The highest BCUT2D eigenvalue weighted by atomic mass is 16.5. The number of rotatable bonds is 8. The van der Waals surface area contributed by atoms with Crippen LogP contribution in [-0.2, 0) is 11.3 Å². The minimum absolute atomic E-state index is 0.211. The van der Waals surface area contributed by atoms with E-state index in [1.807, 2.05) is 37.3 Å². The van der Waals surface area contributed by atoms with Crippen LogP contribution >= 0.6 is 0 Å². The van der Waals surface area contributed by atoms with Gasteiger partial charge in [0, 0.05) is 12.4 Å². The van der Waals surface area contributed by atoms with Gasteiger partial charge in [0.25, 0.3) is 5.56 Å². The average molecular weight is 404 g/mol. The number of pyridine rings is 1. The first kappa shape index (κ1) is 19.3. The van der Waals surface area contributed by atoms with Crippen LogP contribution in [-0.4, -0.2) is 37.7 Å². The molecule has 0 atom stereocenters. The topological polar surface area (TPSA) is 115 Å². The number of aromatic nitrogens is 5. The van der Waals surface area contributed by atoms with Crippen molar-refractivity contribution in [2.45, 2.75) is 19.9 Å². The highest BCUT2D eigenvalue weighted by Crippen LogP contribution is 2.29. The summed E-state index contributed by atoms with van der Waals surface area (Å²) in [5.41, 5.74) is 1.72. The number of fused-ring (bicyclic) bond motifs is 1. The summed E-state index contributed by atoms with van der Waals surface area (Å²) >= 11 is 0. The molecule has 2 N–H and O–H groups in total. The summed E-state index contributed by atoms with van der Waals surface area (Å²) in [5.74, 6) is 1.17. The van der Waals surface area contributed by atoms with Crippen LogP contribution < -0.4 is 15.6 Å². The Morgan fingerprint density at radius 1 is 1.23 bits per heavy atom. The maximum absolute atomic E-state index is 13.0. The lowest BCUT2D eigenvalue weighted by Gasteiger charge is -2.10. The Balaban J connectivity index is 1.85. The standard InChI is InChI=1S/C21H20N6O3/c1-2-10-30-16-8-4-3-7-15(16)19-24-17-18(21(29)25-19)27(26-20(17)23-13-28)12-14-6-5-9-22-11-14/h3-9,11,13H,2,10,12H2,1H3,(H,23,26,28)(H,24,25,29).